The molecule has 0 aliphatic carbocycles. The van der Waals surface area contributed by atoms with Gasteiger partial charge < -0.3 is 10.3 Å². The van der Waals surface area contributed by atoms with Gasteiger partial charge in [0, 0.05) is 30.8 Å². The van der Waals surface area contributed by atoms with E-state index in [4.69, 9.17) is 4.84 Å². The van der Waals surface area contributed by atoms with Crippen molar-refractivity contribution in [3.8, 4) is 0 Å². The summed E-state index contributed by atoms with van der Waals surface area (Å²) < 4.78 is 0. The van der Waals surface area contributed by atoms with Crippen LogP contribution in [0.2, 0.25) is 0 Å². The molecular weight excluding hydrogens is 310 g/mol. The van der Waals surface area contributed by atoms with Crippen molar-refractivity contribution < 1.29 is 4.84 Å². The standard InChI is InChI=1S/C16H23N5OS/c1-13-15(20-12-19-13)11-23-9-8-18-16(17-2)21-22-10-14-6-4-3-5-7-14/h3-7,12H,8-11H2,1-2H3,(H,19,20)(H2,17,18,21). The van der Waals surface area contributed by atoms with Crippen LogP contribution >= 0.6 is 11.8 Å². The van der Waals surface area contributed by atoms with Gasteiger partial charge in [-0.3, -0.25) is 9.83 Å². The van der Waals surface area contributed by atoms with Crippen molar-refractivity contribution in [1.82, 2.24) is 20.8 Å². The minimum Gasteiger partial charge on any atom is -0.354 e. The predicted molar refractivity (Wildman–Crippen MR) is 95.2 cm³/mol. The number of aromatic nitrogens is 2. The minimum atomic E-state index is 0.495. The summed E-state index contributed by atoms with van der Waals surface area (Å²) in [7, 11) is 1.72. The van der Waals surface area contributed by atoms with E-state index < -0.39 is 0 Å². The van der Waals surface area contributed by atoms with E-state index in [0.29, 0.717) is 12.6 Å². The molecule has 0 radical (unpaired) electrons. The molecule has 0 amide bonds. The number of hydrogen-bond acceptors (Lipinski definition) is 4. The fraction of sp³-hybridized carbons (Fsp3) is 0.375. The van der Waals surface area contributed by atoms with E-state index in [-0.39, 0.29) is 0 Å². The summed E-state index contributed by atoms with van der Waals surface area (Å²) in [4.78, 5) is 16.9. The normalized spacial score (nSPS) is 11.5. The van der Waals surface area contributed by atoms with Crippen LogP contribution in [0.25, 0.3) is 0 Å². The molecule has 2 rings (SSSR count). The monoisotopic (exact) mass is 333 g/mol. The predicted octanol–water partition coefficient (Wildman–Crippen LogP) is 2.25. The van der Waals surface area contributed by atoms with Crippen LogP contribution in [0, 0.1) is 6.92 Å². The number of thioether (sulfide) groups is 1. The van der Waals surface area contributed by atoms with Crippen molar-refractivity contribution in [3.63, 3.8) is 0 Å². The lowest BCUT2D eigenvalue weighted by Gasteiger charge is -2.11. The summed E-state index contributed by atoms with van der Waals surface area (Å²) in [6, 6.07) is 10.0. The summed E-state index contributed by atoms with van der Waals surface area (Å²) in [5, 5.41) is 3.22. The highest BCUT2D eigenvalue weighted by Gasteiger charge is 2.01. The molecule has 7 heteroatoms. The van der Waals surface area contributed by atoms with E-state index in [1.54, 1.807) is 13.4 Å². The second-order valence-electron chi connectivity index (χ2n) is 4.90. The Labute approximate surface area is 141 Å². The second kappa shape index (κ2) is 9.91. The van der Waals surface area contributed by atoms with Crippen molar-refractivity contribution in [2.24, 2.45) is 4.99 Å². The average molecular weight is 333 g/mol. The molecule has 6 nitrogen and oxygen atoms in total. The molecule has 1 heterocycles. The Morgan fingerprint density at radius 2 is 2.17 bits per heavy atom. The van der Waals surface area contributed by atoms with E-state index in [1.165, 1.54) is 0 Å². The number of imidazole rings is 1. The Morgan fingerprint density at radius 3 is 2.87 bits per heavy atom. The maximum absolute atomic E-state index is 5.44. The molecule has 2 aromatic rings. The number of hydrogen-bond donors (Lipinski definition) is 3. The molecular formula is C16H23N5OS. The van der Waals surface area contributed by atoms with Crippen LogP contribution in [0.1, 0.15) is 17.0 Å². The number of nitrogens with zero attached hydrogens (tertiary/aromatic N) is 2. The SMILES string of the molecule is CN=C(NCCSCc1nc[nH]c1C)NOCc1ccccc1. The highest BCUT2D eigenvalue weighted by molar-refractivity contribution is 7.98. The van der Waals surface area contributed by atoms with Gasteiger partial charge in [-0.1, -0.05) is 30.3 Å². The molecule has 0 spiro atoms. The fourth-order valence-electron chi connectivity index (χ4n) is 1.87. The number of rotatable bonds is 8. The first-order valence-electron chi connectivity index (χ1n) is 7.48. The number of nitrogens with one attached hydrogen (secondary N) is 3. The molecule has 23 heavy (non-hydrogen) atoms. The minimum absolute atomic E-state index is 0.495. The van der Waals surface area contributed by atoms with Crippen LogP contribution in [-0.2, 0) is 17.2 Å². The smallest absolute Gasteiger partial charge is 0.215 e. The molecule has 0 atom stereocenters. The maximum atomic E-state index is 5.44. The first-order valence-corrected chi connectivity index (χ1v) is 8.64. The van der Waals surface area contributed by atoms with E-state index in [2.05, 4.69) is 25.8 Å². The van der Waals surface area contributed by atoms with Gasteiger partial charge in [0.1, 0.15) is 0 Å². The molecule has 0 saturated heterocycles. The largest absolute Gasteiger partial charge is 0.354 e. The average Bonchev–Trinajstić information content (AvgIpc) is 2.99. The van der Waals surface area contributed by atoms with Crippen LogP contribution in [0.3, 0.4) is 0 Å². The van der Waals surface area contributed by atoms with Crippen molar-refractivity contribution in [2.45, 2.75) is 19.3 Å². The molecule has 0 saturated carbocycles. The number of hydroxylamine groups is 1. The van der Waals surface area contributed by atoms with Gasteiger partial charge in [0.25, 0.3) is 0 Å². The molecule has 0 unspecified atom stereocenters. The van der Waals surface area contributed by atoms with Crippen molar-refractivity contribution in [1.29, 1.82) is 0 Å². The van der Waals surface area contributed by atoms with Gasteiger partial charge in [0.2, 0.25) is 5.96 Å². The van der Waals surface area contributed by atoms with Gasteiger partial charge in [-0.05, 0) is 12.5 Å². The Balaban J connectivity index is 1.57. The van der Waals surface area contributed by atoms with Crippen molar-refractivity contribution >= 4 is 17.7 Å². The molecule has 1 aromatic carbocycles. The Bertz CT molecular complexity index is 600. The summed E-state index contributed by atoms with van der Waals surface area (Å²) in [5.41, 5.74) is 6.21. The lowest BCUT2D eigenvalue weighted by Crippen LogP contribution is -2.38. The summed E-state index contributed by atoms with van der Waals surface area (Å²) >= 11 is 1.83. The lowest BCUT2D eigenvalue weighted by molar-refractivity contribution is 0.0687. The Kier molecular flexibility index (Phi) is 7.48. The summed E-state index contributed by atoms with van der Waals surface area (Å²) in [5.74, 6) is 2.51. The zero-order valence-corrected chi connectivity index (χ0v) is 14.3. The maximum Gasteiger partial charge on any atom is 0.215 e. The highest BCUT2D eigenvalue weighted by Crippen LogP contribution is 2.11. The highest BCUT2D eigenvalue weighted by atomic mass is 32.2. The molecule has 0 aliphatic heterocycles. The zero-order chi connectivity index (χ0) is 16.3. The quantitative estimate of drug-likeness (QED) is 0.299. The van der Waals surface area contributed by atoms with Crippen LogP contribution in [0.15, 0.2) is 41.7 Å². The second-order valence-corrected chi connectivity index (χ2v) is 6.01. The lowest BCUT2D eigenvalue weighted by atomic mass is 10.2. The molecule has 0 fully saturated rings. The zero-order valence-electron chi connectivity index (χ0n) is 13.5. The topological polar surface area (TPSA) is 74.3 Å². The number of aliphatic imine (C=N–C) groups is 1. The molecule has 124 valence electrons. The first kappa shape index (κ1) is 17.4. The van der Waals surface area contributed by atoms with Crippen LogP contribution < -0.4 is 10.8 Å². The van der Waals surface area contributed by atoms with Crippen molar-refractivity contribution in [3.05, 3.63) is 53.6 Å². The Morgan fingerprint density at radius 1 is 1.35 bits per heavy atom. The van der Waals surface area contributed by atoms with Gasteiger partial charge in [-0.25, -0.2) is 10.5 Å². The third-order valence-electron chi connectivity index (χ3n) is 3.19. The third kappa shape index (κ3) is 6.33. The number of benzene rings is 1. The van der Waals surface area contributed by atoms with Gasteiger partial charge >= 0.3 is 0 Å². The molecule has 1 aromatic heterocycles. The first-order chi connectivity index (χ1) is 11.3. The third-order valence-corrected chi connectivity index (χ3v) is 4.16. The number of H-pyrrole nitrogens is 1. The number of aromatic amines is 1. The summed E-state index contributed by atoms with van der Waals surface area (Å²) in [6.45, 7) is 3.34. The van der Waals surface area contributed by atoms with Gasteiger partial charge in [-0.2, -0.15) is 11.8 Å². The number of guanidine groups is 1. The fourth-order valence-corrected chi connectivity index (χ4v) is 2.74. The molecule has 0 bridgehead atoms. The summed E-state index contributed by atoms with van der Waals surface area (Å²) in [6.07, 6.45) is 1.74. The molecule has 0 aliphatic rings. The molecule has 3 N–H and O–H groups in total. The van der Waals surface area contributed by atoms with Crippen LogP contribution in [0.4, 0.5) is 0 Å². The van der Waals surface area contributed by atoms with Gasteiger partial charge in [0.15, 0.2) is 0 Å². The van der Waals surface area contributed by atoms with E-state index in [1.807, 2.05) is 49.0 Å². The van der Waals surface area contributed by atoms with E-state index in [0.717, 1.165) is 35.0 Å². The van der Waals surface area contributed by atoms with E-state index in [9.17, 15) is 0 Å². The van der Waals surface area contributed by atoms with Crippen LogP contribution in [0.5, 0.6) is 0 Å². The number of aryl methyl sites for hydroxylation is 1. The Hall–Kier alpha value is -1.99. The van der Waals surface area contributed by atoms with Crippen molar-refractivity contribution in [2.75, 3.05) is 19.3 Å². The van der Waals surface area contributed by atoms with Gasteiger partial charge in [0.05, 0.1) is 18.6 Å². The van der Waals surface area contributed by atoms with Gasteiger partial charge in [-0.15, -0.1) is 0 Å². The van der Waals surface area contributed by atoms with E-state index >= 15 is 0 Å². The van der Waals surface area contributed by atoms with Crippen LogP contribution in [-0.4, -0.2) is 35.3 Å².